The highest BCUT2D eigenvalue weighted by Crippen LogP contribution is 2.26. The van der Waals surface area contributed by atoms with Crippen LogP contribution in [0.4, 0.5) is 0 Å². The van der Waals surface area contributed by atoms with E-state index in [2.05, 4.69) is 33.7 Å². The molecular formula is C11H13N3. The monoisotopic (exact) mass is 187 g/mol. The average molecular weight is 187 g/mol. The van der Waals surface area contributed by atoms with Gasteiger partial charge in [0.1, 0.15) is 0 Å². The summed E-state index contributed by atoms with van der Waals surface area (Å²) >= 11 is 0. The Bertz CT molecular complexity index is 400. The maximum atomic E-state index is 4.45. The summed E-state index contributed by atoms with van der Waals surface area (Å²) in [7, 11) is 0. The van der Waals surface area contributed by atoms with Crippen molar-refractivity contribution < 1.29 is 0 Å². The van der Waals surface area contributed by atoms with E-state index in [1.807, 2.05) is 6.20 Å². The van der Waals surface area contributed by atoms with Gasteiger partial charge in [-0.15, -0.1) is 0 Å². The van der Waals surface area contributed by atoms with Gasteiger partial charge >= 0.3 is 0 Å². The Morgan fingerprint density at radius 1 is 1.43 bits per heavy atom. The largest absolute Gasteiger partial charge is 0.361 e. The summed E-state index contributed by atoms with van der Waals surface area (Å²) in [4.78, 5) is 3.22. The molecule has 0 amide bonds. The second kappa shape index (κ2) is 3.01. The molecule has 1 atom stereocenters. The number of rotatable bonds is 0. The van der Waals surface area contributed by atoms with E-state index in [1.54, 1.807) is 0 Å². The van der Waals surface area contributed by atoms with Crippen LogP contribution in [-0.4, -0.2) is 17.2 Å². The number of hydrogen-bond acceptors (Lipinski definition) is 2. The summed E-state index contributed by atoms with van der Waals surface area (Å²) in [5.41, 5.74) is 6.75. The van der Waals surface area contributed by atoms with Crippen molar-refractivity contribution in [3.8, 4) is 0 Å². The Labute approximate surface area is 82.9 Å². The summed E-state index contributed by atoms with van der Waals surface area (Å²) in [5.74, 6) is 0.508. The molecule has 1 unspecified atom stereocenters. The maximum Gasteiger partial charge on any atom is 0.0765 e. The Hall–Kier alpha value is -1.51. The van der Waals surface area contributed by atoms with Crippen molar-refractivity contribution in [1.29, 1.82) is 0 Å². The molecule has 72 valence electrons. The normalized spacial score (nSPS) is 24.3. The van der Waals surface area contributed by atoms with E-state index < -0.39 is 0 Å². The third-order valence-corrected chi connectivity index (χ3v) is 2.90. The highest BCUT2D eigenvalue weighted by Gasteiger charge is 2.23. The lowest BCUT2D eigenvalue weighted by Gasteiger charge is -2.16. The molecule has 1 aromatic heterocycles. The molecule has 1 aliphatic heterocycles. The van der Waals surface area contributed by atoms with Crippen LogP contribution in [0.1, 0.15) is 24.1 Å². The number of nitrogens with zero attached hydrogens (tertiary/aromatic N) is 1. The number of H-pyrrole nitrogens is 1. The first-order valence-corrected chi connectivity index (χ1v) is 5.11. The van der Waals surface area contributed by atoms with E-state index in [0.717, 1.165) is 6.54 Å². The molecule has 2 N–H and O–H groups in total. The van der Waals surface area contributed by atoms with Crippen molar-refractivity contribution in [2.24, 2.45) is 11.0 Å². The van der Waals surface area contributed by atoms with Gasteiger partial charge in [0.25, 0.3) is 0 Å². The number of hydrogen-bond donors (Lipinski definition) is 2. The molecule has 1 aliphatic carbocycles. The number of hydrazone groups is 1. The SMILES string of the molecule is C1=CC2CCCNN=C2c2cc[nH]c21. The van der Waals surface area contributed by atoms with Gasteiger partial charge in [-0.1, -0.05) is 6.08 Å². The van der Waals surface area contributed by atoms with E-state index in [-0.39, 0.29) is 0 Å². The quantitative estimate of drug-likeness (QED) is 0.638. The van der Waals surface area contributed by atoms with Gasteiger partial charge in [-0.25, -0.2) is 0 Å². The van der Waals surface area contributed by atoms with Crippen molar-refractivity contribution in [3.63, 3.8) is 0 Å². The first-order chi connectivity index (χ1) is 6.95. The maximum absolute atomic E-state index is 4.45. The Kier molecular flexibility index (Phi) is 1.69. The zero-order valence-corrected chi connectivity index (χ0v) is 7.96. The molecule has 14 heavy (non-hydrogen) atoms. The van der Waals surface area contributed by atoms with Crippen LogP contribution in [0.3, 0.4) is 0 Å². The van der Waals surface area contributed by atoms with Crippen LogP contribution in [0.25, 0.3) is 6.08 Å². The second-order valence-electron chi connectivity index (χ2n) is 3.82. The zero-order valence-electron chi connectivity index (χ0n) is 7.96. The topological polar surface area (TPSA) is 40.2 Å². The zero-order chi connectivity index (χ0) is 9.38. The molecule has 0 saturated heterocycles. The number of aromatic amines is 1. The molecule has 0 saturated carbocycles. The smallest absolute Gasteiger partial charge is 0.0765 e. The molecule has 0 fully saturated rings. The van der Waals surface area contributed by atoms with Crippen LogP contribution in [0.5, 0.6) is 0 Å². The lowest BCUT2D eigenvalue weighted by atomic mass is 9.88. The first-order valence-electron chi connectivity index (χ1n) is 5.11. The van der Waals surface area contributed by atoms with Crippen molar-refractivity contribution in [3.05, 3.63) is 29.6 Å². The van der Waals surface area contributed by atoms with Gasteiger partial charge in [-0.05, 0) is 25.0 Å². The van der Waals surface area contributed by atoms with E-state index in [9.17, 15) is 0 Å². The van der Waals surface area contributed by atoms with Crippen molar-refractivity contribution in [2.75, 3.05) is 6.54 Å². The number of aromatic nitrogens is 1. The van der Waals surface area contributed by atoms with Gasteiger partial charge in [0.2, 0.25) is 0 Å². The summed E-state index contributed by atoms with van der Waals surface area (Å²) in [6.07, 6.45) is 8.80. The average Bonchev–Trinajstić information content (AvgIpc) is 2.55. The molecule has 0 radical (unpaired) electrons. The summed E-state index contributed by atoms with van der Waals surface area (Å²) < 4.78 is 0. The van der Waals surface area contributed by atoms with Crippen LogP contribution >= 0.6 is 0 Å². The second-order valence-corrected chi connectivity index (χ2v) is 3.82. The summed E-state index contributed by atoms with van der Waals surface area (Å²) in [6, 6.07) is 2.11. The molecule has 3 rings (SSSR count). The molecule has 2 heterocycles. The lowest BCUT2D eigenvalue weighted by molar-refractivity contribution is 0.654. The van der Waals surface area contributed by atoms with Gasteiger partial charge in [0, 0.05) is 29.9 Å². The molecular weight excluding hydrogens is 174 g/mol. The Balaban J connectivity index is 2.10. The molecule has 0 spiro atoms. The van der Waals surface area contributed by atoms with Crippen molar-refractivity contribution in [2.45, 2.75) is 12.8 Å². The van der Waals surface area contributed by atoms with Crippen LogP contribution in [0.15, 0.2) is 23.4 Å². The van der Waals surface area contributed by atoms with Crippen LogP contribution < -0.4 is 5.43 Å². The van der Waals surface area contributed by atoms with Gasteiger partial charge in [0.05, 0.1) is 5.71 Å². The standard InChI is InChI=1S/C11H13N3/c1-2-8-3-4-10-9(5-7-12-10)11(8)14-13-6-1/h3-5,7-8,12-13H,1-2,6H2. The highest BCUT2D eigenvalue weighted by molar-refractivity contribution is 6.07. The van der Waals surface area contributed by atoms with Crippen molar-refractivity contribution >= 4 is 11.8 Å². The Morgan fingerprint density at radius 2 is 2.43 bits per heavy atom. The van der Waals surface area contributed by atoms with Crippen LogP contribution in [0, 0.1) is 5.92 Å². The molecule has 3 heteroatoms. The van der Waals surface area contributed by atoms with E-state index >= 15 is 0 Å². The van der Waals surface area contributed by atoms with Gasteiger partial charge in [-0.3, -0.25) is 0 Å². The number of nitrogens with one attached hydrogen (secondary N) is 2. The van der Waals surface area contributed by atoms with Gasteiger partial charge in [-0.2, -0.15) is 5.10 Å². The third kappa shape index (κ3) is 1.09. The van der Waals surface area contributed by atoms with E-state index in [0.29, 0.717) is 5.92 Å². The molecule has 0 bridgehead atoms. The van der Waals surface area contributed by atoms with Crippen molar-refractivity contribution in [1.82, 2.24) is 10.4 Å². The predicted molar refractivity (Wildman–Crippen MR) is 57.1 cm³/mol. The molecule has 1 aromatic rings. The fourth-order valence-corrected chi connectivity index (χ4v) is 2.17. The number of fused-ring (bicyclic) bond motifs is 3. The minimum Gasteiger partial charge on any atom is -0.361 e. The fourth-order valence-electron chi connectivity index (χ4n) is 2.17. The van der Waals surface area contributed by atoms with E-state index in [4.69, 9.17) is 0 Å². The summed E-state index contributed by atoms with van der Waals surface area (Å²) in [6.45, 7) is 0.994. The minimum absolute atomic E-state index is 0.508. The number of allylic oxidation sites excluding steroid dienone is 1. The Morgan fingerprint density at radius 3 is 3.43 bits per heavy atom. The van der Waals surface area contributed by atoms with Crippen LogP contribution in [0.2, 0.25) is 0 Å². The lowest BCUT2D eigenvalue weighted by Crippen LogP contribution is -2.17. The van der Waals surface area contributed by atoms with Crippen LogP contribution in [-0.2, 0) is 0 Å². The third-order valence-electron chi connectivity index (χ3n) is 2.90. The molecule has 3 nitrogen and oxygen atoms in total. The first kappa shape index (κ1) is 7.85. The van der Waals surface area contributed by atoms with E-state index in [1.165, 1.54) is 29.8 Å². The van der Waals surface area contributed by atoms with Gasteiger partial charge in [0.15, 0.2) is 0 Å². The summed E-state index contributed by atoms with van der Waals surface area (Å²) in [5, 5.41) is 4.45. The molecule has 0 aromatic carbocycles. The van der Waals surface area contributed by atoms with Gasteiger partial charge < -0.3 is 10.4 Å². The predicted octanol–water partition coefficient (Wildman–Crippen LogP) is 1.75. The fraction of sp³-hybridized carbons (Fsp3) is 0.364. The highest BCUT2D eigenvalue weighted by atomic mass is 15.3. The molecule has 2 aliphatic rings. The minimum atomic E-state index is 0.508.